The lowest BCUT2D eigenvalue weighted by molar-refractivity contribution is -0.139. The molecule has 1 atom stereocenters. The van der Waals surface area contributed by atoms with Gasteiger partial charge in [0.25, 0.3) is 0 Å². The number of carbonyl (C=O) groups is 2. The molecule has 6 nitrogen and oxygen atoms in total. The fourth-order valence-electron chi connectivity index (χ4n) is 3.64. The smallest absolute Gasteiger partial charge is 0.408 e. The van der Waals surface area contributed by atoms with Crippen molar-refractivity contribution in [1.82, 2.24) is 10.6 Å². The van der Waals surface area contributed by atoms with E-state index in [1.807, 2.05) is 0 Å². The van der Waals surface area contributed by atoms with E-state index in [1.54, 1.807) is 20.8 Å². The van der Waals surface area contributed by atoms with Crippen molar-refractivity contribution in [3.63, 3.8) is 0 Å². The van der Waals surface area contributed by atoms with Gasteiger partial charge in [-0.1, -0.05) is 38.5 Å². The lowest BCUT2D eigenvalue weighted by Gasteiger charge is -2.30. The van der Waals surface area contributed by atoms with E-state index in [9.17, 15) is 9.59 Å². The van der Waals surface area contributed by atoms with Crippen LogP contribution in [0.4, 0.5) is 4.79 Å². The van der Waals surface area contributed by atoms with Crippen molar-refractivity contribution in [3.05, 3.63) is 0 Å². The molecule has 0 saturated heterocycles. The molecule has 0 heterocycles. The molecule has 2 aliphatic carbocycles. The summed E-state index contributed by atoms with van der Waals surface area (Å²) >= 11 is 0. The zero-order valence-electron chi connectivity index (χ0n) is 17.8. The number of carboxylic acids is 1. The Balaban J connectivity index is 0.000000281. The van der Waals surface area contributed by atoms with Crippen LogP contribution < -0.4 is 10.6 Å². The number of terminal acetylenes is 1. The van der Waals surface area contributed by atoms with Crippen LogP contribution in [-0.2, 0) is 9.53 Å². The Morgan fingerprint density at radius 2 is 1.50 bits per heavy atom. The monoisotopic (exact) mass is 394 g/mol. The van der Waals surface area contributed by atoms with E-state index >= 15 is 0 Å². The maximum Gasteiger partial charge on any atom is 0.408 e. The van der Waals surface area contributed by atoms with E-state index in [0.717, 1.165) is 12.1 Å². The van der Waals surface area contributed by atoms with E-state index in [4.69, 9.17) is 16.3 Å². The van der Waals surface area contributed by atoms with Gasteiger partial charge in [0.1, 0.15) is 11.6 Å². The second-order valence-corrected chi connectivity index (χ2v) is 8.78. The summed E-state index contributed by atoms with van der Waals surface area (Å²) in [6.07, 6.45) is 18.7. The molecule has 2 aliphatic rings. The van der Waals surface area contributed by atoms with Crippen LogP contribution in [0.15, 0.2) is 0 Å². The quantitative estimate of drug-likeness (QED) is 0.608. The van der Waals surface area contributed by atoms with Gasteiger partial charge in [0.2, 0.25) is 0 Å². The lowest BCUT2D eigenvalue weighted by Crippen LogP contribution is -2.43. The normalized spacial score (nSPS) is 19.5. The fraction of sp³-hybridized carbons (Fsp3) is 0.818. The summed E-state index contributed by atoms with van der Waals surface area (Å²) in [6.45, 7) is 5.05. The third-order valence-corrected chi connectivity index (χ3v) is 4.99. The average molecular weight is 395 g/mol. The van der Waals surface area contributed by atoms with Crippen molar-refractivity contribution >= 4 is 12.1 Å². The molecular weight excluding hydrogens is 356 g/mol. The molecule has 0 radical (unpaired) electrons. The third-order valence-electron chi connectivity index (χ3n) is 4.99. The zero-order chi connectivity index (χ0) is 21.0. The summed E-state index contributed by atoms with van der Waals surface area (Å²) in [5.74, 6) is 0.985. The van der Waals surface area contributed by atoms with Gasteiger partial charge in [-0.25, -0.2) is 9.59 Å². The van der Waals surface area contributed by atoms with E-state index < -0.39 is 23.7 Å². The van der Waals surface area contributed by atoms with Crippen LogP contribution in [0.25, 0.3) is 0 Å². The largest absolute Gasteiger partial charge is 0.480 e. The van der Waals surface area contributed by atoms with Crippen LogP contribution in [0.1, 0.15) is 91.4 Å². The van der Waals surface area contributed by atoms with Crippen molar-refractivity contribution in [2.75, 3.05) is 0 Å². The zero-order valence-corrected chi connectivity index (χ0v) is 17.8. The Labute approximate surface area is 170 Å². The average Bonchev–Trinajstić information content (AvgIpc) is 2.62. The number of hydrogen-bond acceptors (Lipinski definition) is 4. The van der Waals surface area contributed by atoms with Crippen molar-refractivity contribution in [2.45, 2.75) is 115 Å². The number of nitrogens with one attached hydrogen (secondary N) is 2. The number of alkyl carbamates (subject to hydrolysis) is 1. The number of ether oxygens (including phenoxy) is 1. The summed E-state index contributed by atoms with van der Waals surface area (Å²) < 4.78 is 4.88. The molecule has 0 aromatic carbocycles. The fourth-order valence-corrected chi connectivity index (χ4v) is 3.64. The maximum absolute atomic E-state index is 11.2. The molecule has 160 valence electrons. The minimum Gasteiger partial charge on any atom is -0.480 e. The van der Waals surface area contributed by atoms with E-state index in [1.165, 1.54) is 64.2 Å². The second-order valence-electron chi connectivity index (χ2n) is 8.78. The number of carbonyl (C=O) groups excluding carboxylic acids is 1. The molecule has 0 unspecified atom stereocenters. The van der Waals surface area contributed by atoms with Crippen LogP contribution >= 0.6 is 0 Å². The van der Waals surface area contributed by atoms with Gasteiger partial charge >= 0.3 is 12.1 Å². The predicted molar refractivity (Wildman–Crippen MR) is 111 cm³/mol. The second kappa shape index (κ2) is 12.7. The number of rotatable bonds is 5. The molecule has 2 saturated carbocycles. The van der Waals surface area contributed by atoms with Crippen LogP contribution in [0.5, 0.6) is 0 Å². The molecule has 0 aromatic heterocycles. The Bertz CT molecular complexity index is 494. The highest BCUT2D eigenvalue weighted by atomic mass is 16.6. The third kappa shape index (κ3) is 11.2. The minimum atomic E-state index is -1.18. The summed E-state index contributed by atoms with van der Waals surface area (Å²) in [5, 5.41) is 14.7. The van der Waals surface area contributed by atoms with Gasteiger partial charge in [-0.3, -0.25) is 0 Å². The highest BCUT2D eigenvalue weighted by Crippen LogP contribution is 2.22. The Morgan fingerprint density at radius 3 is 1.86 bits per heavy atom. The van der Waals surface area contributed by atoms with Gasteiger partial charge in [0, 0.05) is 18.5 Å². The first-order chi connectivity index (χ1) is 13.2. The molecule has 0 bridgehead atoms. The van der Waals surface area contributed by atoms with Crippen molar-refractivity contribution in [1.29, 1.82) is 0 Å². The molecular formula is C22H38N2O4. The molecule has 0 aromatic rings. The van der Waals surface area contributed by atoms with Crippen LogP contribution in [-0.4, -0.2) is 40.9 Å². The number of amides is 1. The van der Waals surface area contributed by atoms with Crippen molar-refractivity contribution in [2.24, 2.45) is 0 Å². The Hall–Kier alpha value is -1.74. The molecule has 0 spiro atoms. The first-order valence-corrected chi connectivity index (χ1v) is 10.6. The maximum atomic E-state index is 11.2. The van der Waals surface area contributed by atoms with Gasteiger partial charge in [0.15, 0.2) is 0 Å². The van der Waals surface area contributed by atoms with Gasteiger partial charge in [-0.05, 0) is 46.5 Å². The highest BCUT2D eigenvalue weighted by molar-refractivity contribution is 5.80. The topological polar surface area (TPSA) is 87.7 Å². The first-order valence-electron chi connectivity index (χ1n) is 10.6. The van der Waals surface area contributed by atoms with E-state index in [-0.39, 0.29) is 6.42 Å². The molecule has 1 amide bonds. The van der Waals surface area contributed by atoms with E-state index in [0.29, 0.717) is 0 Å². The van der Waals surface area contributed by atoms with Crippen LogP contribution in [0, 0.1) is 12.3 Å². The number of aliphatic carboxylic acids is 1. The standard InChI is InChI=1S/C12H23N.C10H15NO4/c1-3-7-11(8-4-1)13-12-9-5-2-6-10-12;1-5-6-7(8(12)13)11-9(14)15-10(2,3)4/h11-13H,1-10H2;1,7H,6H2,2-4H3,(H,11,14)(H,12,13)/t;7-/m.1/s1. The lowest BCUT2D eigenvalue weighted by atomic mass is 9.91. The van der Waals surface area contributed by atoms with Gasteiger partial charge < -0.3 is 20.5 Å². The number of carboxylic acid groups (broad SMARTS) is 1. The SMILES string of the molecule is C#CC[C@@H](NC(=O)OC(C)(C)C)C(=O)O.C1CCC(NC2CCCCC2)CC1. The van der Waals surface area contributed by atoms with Crippen molar-refractivity contribution < 1.29 is 19.4 Å². The molecule has 2 rings (SSSR count). The molecule has 2 fully saturated rings. The van der Waals surface area contributed by atoms with Crippen LogP contribution in [0.3, 0.4) is 0 Å². The van der Waals surface area contributed by atoms with E-state index in [2.05, 4.69) is 16.6 Å². The van der Waals surface area contributed by atoms with Gasteiger partial charge in [0.05, 0.1) is 0 Å². The molecule has 0 aliphatic heterocycles. The van der Waals surface area contributed by atoms with Gasteiger partial charge in [-0.2, -0.15) is 0 Å². The first kappa shape index (κ1) is 24.3. The minimum absolute atomic E-state index is 0.0748. The number of hydrogen-bond donors (Lipinski definition) is 3. The summed E-state index contributed by atoms with van der Waals surface area (Å²) in [4.78, 5) is 21.8. The Morgan fingerprint density at radius 1 is 1.04 bits per heavy atom. The Kier molecular flexibility index (Phi) is 11.0. The highest BCUT2D eigenvalue weighted by Gasteiger charge is 2.23. The summed E-state index contributed by atoms with van der Waals surface area (Å²) in [7, 11) is 0. The summed E-state index contributed by atoms with van der Waals surface area (Å²) in [6, 6.07) is 0.638. The molecule has 3 N–H and O–H groups in total. The van der Waals surface area contributed by atoms with Crippen LogP contribution in [0.2, 0.25) is 0 Å². The molecule has 28 heavy (non-hydrogen) atoms. The summed E-state index contributed by atoms with van der Waals surface area (Å²) in [5.41, 5.74) is -0.663. The molecule has 6 heteroatoms. The van der Waals surface area contributed by atoms with Gasteiger partial charge in [-0.15, -0.1) is 12.3 Å². The van der Waals surface area contributed by atoms with Crippen molar-refractivity contribution in [3.8, 4) is 12.3 Å². The predicted octanol–water partition coefficient (Wildman–Crippen LogP) is 4.23.